The first-order valence-corrected chi connectivity index (χ1v) is 15.3. The van der Waals surface area contributed by atoms with E-state index in [0.29, 0.717) is 11.8 Å². The van der Waals surface area contributed by atoms with Gasteiger partial charge in [0.15, 0.2) is 0 Å². The van der Waals surface area contributed by atoms with E-state index < -0.39 is 0 Å². The Hall–Kier alpha value is -4.23. The predicted octanol–water partition coefficient (Wildman–Crippen LogP) is 10.8. The van der Waals surface area contributed by atoms with Crippen LogP contribution in [0, 0.1) is 5.92 Å². The van der Waals surface area contributed by atoms with Crippen LogP contribution >= 0.6 is 0 Å². The van der Waals surface area contributed by atoms with Gasteiger partial charge in [0.1, 0.15) is 0 Å². The lowest BCUT2D eigenvalue weighted by Crippen LogP contribution is -2.19. The van der Waals surface area contributed by atoms with Crippen LogP contribution in [0.25, 0.3) is 11.1 Å². The van der Waals surface area contributed by atoms with Gasteiger partial charge in [0, 0.05) is 23.6 Å². The summed E-state index contributed by atoms with van der Waals surface area (Å²) in [4.78, 5) is 5.22. The first-order chi connectivity index (χ1) is 20.3. The van der Waals surface area contributed by atoms with Gasteiger partial charge in [0.05, 0.1) is 5.69 Å². The van der Waals surface area contributed by atoms with E-state index in [1.165, 1.54) is 56.7 Å². The summed E-state index contributed by atoms with van der Waals surface area (Å²) in [7, 11) is 0. The normalized spacial score (nSPS) is 23.1. The molecule has 0 saturated carbocycles. The van der Waals surface area contributed by atoms with Crippen molar-refractivity contribution in [3.63, 3.8) is 0 Å². The molecule has 4 aliphatic carbocycles. The molecule has 0 heterocycles. The van der Waals surface area contributed by atoms with Gasteiger partial charge in [-0.2, -0.15) is 0 Å². The molecule has 1 heteroatoms. The van der Waals surface area contributed by atoms with Gasteiger partial charge in [-0.1, -0.05) is 121 Å². The summed E-state index contributed by atoms with van der Waals surface area (Å²) in [5.41, 5.74) is 13.6. The van der Waals surface area contributed by atoms with Crippen molar-refractivity contribution >= 4 is 11.4 Å². The maximum absolute atomic E-state index is 5.22. The average Bonchev–Trinajstić information content (AvgIpc) is 3.06. The molecule has 0 bridgehead atoms. The minimum absolute atomic E-state index is 0.421. The second kappa shape index (κ2) is 11.7. The highest BCUT2D eigenvalue weighted by Crippen LogP contribution is 2.43. The van der Waals surface area contributed by atoms with Crippen LogP contribution in [-0.2, 0) is 0 Å². The highest BCUT2D eigenvalue weighted by atomic mass is 14.8. The van der Waals surface area contributed by atoms with Crippen molar-refractivity contribution in [3.8, 4) is 11.1 Å². The number of benzene rings is 3. The Kier molecular flexibility index (Phi) is 7.35. The molecular weight excluding hydrogens is 494 g/mol. The Morgan fingerprint density at radius 2 is 1.49 bits per heavy atom. The number of fused-ring (bicyclic) bond motifs is 1. The molecule has 4 aliphatic rings. The van der Waals surface area contributed by atoms with Crippen LogP contribution in [0.4, 0.5) is 5.69 Å². The second-order valence-corrected chi connectivity index (χ2v) is 11.7. The van der Waals surface area contributed by atoms with E-state index in [1.54, 1.807) is 0 Å². The van der Waals surface area contributed by atoms with Crippen LogP contribution in [-0.4, -0.2) is 5.71 Å². The number of hydrogen-bond acceptors (Lipinski definition) is 1. The molecule has 0 spiro atoms. The molecular formula is C40H37N. The smallest absolute Gasteiger partial charge is 0.0707 e. The summed E-state index contributed by atoms with van der Waals surface area (Å²) >= 11 is 0. The molecule has 0 aromatic heterocycles. The summed E-state index contributed by atoms with van der Waals surface area (Å²) in [6.45, 7) is 0. The fourth-order valence-electron chi connectivity index (χ4n) is 6.84. The Bertz CT molecular complexity index is 1640. The molecule has 1 nitrogen and oxygen atoms in total. The van der Waals surface area contributed by atoms with Crippen LogP contribution in [0.2, 0.25) is 0 Å². The third kappa shape index (κ3) is 5.68. The molecule has 2 unspecified atom stereocenters. The number of nitrogens with zero attached hydrogens (tertiary/aromatic N) is 1. The third-order valence-corrected chi connectivity index (χ3v) is 9.02. The number of hydrogen-bond donors (Lipinski definition) is 0. The monoisotopic (exact) mass is 531 g/mol. The van der Waals surface area contributed by atoms with Gasteiger partial charge >= 0.3 is 0 Å². The molecule has 41 heavy (non-hydrogen) atoms. The van der Waals surface area contributed by atoms with Gasteiger partial charge in [0.25, 0.3) is 0 Å². The van der Waals surface area contributed by atoms with Crippen molar-refractivity contribution in [1.29, 1.82) is 0 Å². The van der Waals surface area contributed by atoms with E-state index in [1.807, 2.05) is 0 Å². The van der Waals surface area contributed by atoms with Crippen LogP contribution in [0.3, 0.4) is 0 Å². The van der Waals surface area contributed by atoms with Crippen LogP contribution in [0.5, 0.6) is 0 Å². The van der Waals surface area contributed by atoms with Crippen LogP contribution < -0.4 is 0 Å². The van der Waals surface area contributed by atoms with E-state index in [2.05, 4.69) is 127 Å². The van der Waals surface area contributed by atoms with Gasteiger partial charge in [-0.05, 0) is 89.5 Å². The molecule has 0 amide bonds. The molecule has 7 rings (SSSR count). The number of allylic oxidation sites excluding steroid dienone is 12. The molecule has 0 fully saturated rings. The van der Waals surface area contributed by atoms with Crippen LogP contribution in [0.1, 0.15) is 56.4 Å². The van der Waals surface area contributed by atoms with E-state index in [4.69, 9.17) is 4.99 Å². The topological polar surface area (TPSA) is 12.4 Å². The summed E-state index contributed by atoms with van der Waals surface area (Å²) in [6, 6.07) is 30.3. The first-order valence-electron chi connectivity index (χ1n) is 15.3. The fourth-order valence-corrected chi connectivity index (χ4v) is 6.84. The zero-order valence-corrected chi connectivity index (χ0v) is 23.7. The van der Waals surface area contributed by atoms with E-state index in [0.717, 1.165) is 44.2 Å². The lowest BCUT2D eigenvalue weighted by molar-refractivity contribution is 0.558. The van der Waals surface area contributed by atoms with Gasteiger partial charge in [0.2, 0.25) is 0 Å². The zero-order valence-electron chi connectivity index (χ0n) is 23.7. The first kappa shape index (κ1) is 25.7. The molecule has 0 aliphatic heterocycles. The Labute approximate surface area is 244 Å². The average molecular weight is 532 g/mol. The van der Waals surface area contributed by atoms with Crippen molar-refractivity contribution in [2.75, 3.05) is 0 Å². The van der Waals surface area contributed by atoms with Crippen molar-refractivity contribution in [3.05, 3.63) is 161 Å². The minimum Gasteiger partial charge on any atom is -0.257 e. The zero-order chi connectivity index (χ0) is 27.4. The third-order valence-electron chi connectivity index (χ3n) is 9.02. The SMILES string of the molecule is C1=CC(C2=CC(c3ccccc3)CC(C3=CC4=CCC(=Nc5ccccc5-c5ccccc5)CC4CC3)=C2)=CCC1. The molecule has 0 saturated heterocycles. The Balaban J connectivity index is 1.16. The number of para-hydroxylation sites is 1. The summed E-state index contributed by atoms with van der Waals surface area (Å²) in [6.07, 6.45) is 24.8. The lowest BCUT2D eigenvalue weighted by Gasteiger charge is -2.32. The molecule has 0 N–H and O–H groups in total. The molecule has 3 aromatic rings. The quantitative estimate of drug-likeness (QED) is 0.310. The second-order valence-electron chi connectivity index (χ2n) is 11.7. The predicted molar refractivity (Wildman–Crippen MR) is 174 cm³/mol. The van der Waals surface area contributed by atoms with Crippen molar-refractivity contribution < 1.29 is 0 Å². The Morgan fingerprint density at radius 1 is 0.683 bits per heavy atom. The van der Waals surface area contributed by atoms with Gasteiger partial charge in [-0.3, -0.25) is 4.99 Å². The van der Waals surface area contributed by atoms with Gasteiger partial charge < -0.3 is 0 Å². The fraction of sp³-hybridized carbons (Fsp3) is 0.225. The number of aliphatic imine (C=N–C) groups is 1. The summed E-state index contributed by atoms with van der Waals surface area (Å²) < 4.78 is 0. The lowest BCUT2D eigenvalue weighted by atomic mass is 9.73. The van der Waals surface area contributed by atoms with Crippen molar-refractivity contribution in [2.45, 2.75) is 50.9 Å². The maximum Gasteiger partial charge on any atom is 0.0707 e. The van der Waals surface area contributed by atoms with Gasteiger partial charge in [-0.15, -0.1) is 0 Å². The summed E-state index contributed by atoms with van der Waals surface area (Å²) in [5, 5.41) is 0. The Morgan fingerprint density at radius 3 is 2.32 bits per heavy atom. The van der Waals surface area contributed by atoms with E-state index in [-0.39, 0.29) is 0 Å². The standard InChI is InChI=1S/C40H37N/c1-4-12-29(13-5-1)35-25-36(30-14-6-2-7-15-30)27-37(26-35)33-20-21-34-28-38(23-22-32(34)24-33)41-40-19-11-10-18-39(40)31-16-8-3-9-17-31/h1,3-6,8-19,22,24-25,27,34-35H,2,7,20-21,23,26,28H2. The molecule has 202 valence electrons. The van der Waals surface area contributed by atoms with Crippen molar-refractivity contribution in [1.82, 2.24) is 0 Å². The largest absolute Gasteiger partial charge is 0.257 e. The highest BCUT2D eigenvalue weighted by molar-refractivity contribution is 5.92. The van der Waals surface area contributed by atoms with Crippen LogP contribution in [0.15, 0.2) is 160 Å². The molecule has 0 radical (unpaired) electrons. The number of rotatable bonds is 5. The molecule has 2 atom stereocenters. The maximum atomic E-state index is 5.22. The van der Waals surface area contributed by atoms with Gasteiger partial charge in [-0.25, -0.2) is 0 Å². The summed E-state index contributed by atoms with van der Waals surface area (Å²) in [5.74, 6) is 0.994. The van der Waals surface area contributed by atoms with Crippen molar-refractivity contribution in [2.24, 2.45) is 10.9 Å². The minimum atomic E-state index is 0.421. The van der Waals surface area contributed by atoms with E-state index in [9.17, 15) is 0 Å². The highest BCUT2D eigenvalue weighted by Gasteiger charge is 2.28. The molecule has 3 aromatic carbocycles. The van der Waals surface area contributed by atoms with E-state index >= 15 is 0 Å².